The molecule has 0 bridgehead atoms. The highest BCUT2D eigenvalue weighted by atomic mass is 32.2. The van der Waals surface area contributed by atoms with Crippen molar-refractivity contribution in [3.05, 3.63) is 30.0 Å². The second-order valence-electron chi connectivity index (χ2n) is 4.47. The lowest BCUT2D eigenvalue weighted by molar-refractivity contribution is -0.117. The van der Waals surface area contributed by atoms with Crippen molar-refractivity contribution in [1.82, 2.24) is 4.98 Å². The lowest BCUT2D eigenvalue weighted by Crippen LogP contribution is -2.28. The topological polar surface area (TPSA) is 148 Å². The van der Waals surface area contributed by atoms with Gasteiger partial charge in [-0.3, -0.25) is 14.3 Å². The number of benzene rings is 1. The Kier molecular flexibility index (Phi) is 3.85. The van der Waals surface area contributed by atoms with Crippen LogP contribution >= 0.6 is 0 Å². The largest absolute Gasteiger partial charge is 0.370 e. The summed E-state index contributed by atoms with van der Waals surface area (Å²) in [5.74, 6) is -0.421. The number of rotatable bonds is 5. The molecular formula is C12H14N4O4S. The van der Waals surface area contributed by atoms with E-state index >= 15 is 0 Å². The Morgan fingerprint density at radius 3 is 2.57 bits per heavy atom. The second kappa shape index (κ2) is 5.44. The first-order valence-corrected chi connectivity index (χ1v) is 7.48. The summed E-state index contributed by atoms with van der Waals surface area (Å²) in [6.07, 6.45) is 2.34. The van der Waals surface area contributed by atoms with E-state index in [4.69, 9.17) is 11.5 Å². The van der Waals surface area contributed by atoms with E-state index in [-0.39, 0.29) is 12.1 Å². The highest BCUT2D eigenvalue weighted by Gasteiger charge is 2.18. The summed E-state index contributed by atoms with van der Waals surface area (Å²) in [5, 5.41) is -0.716. The number of primary amides is 2. The number of carbonyl (C=O) groups is 2. The predicted molar refractivity (Wildman–Crippen MR) is 77.9 cm³/mol. The molecule has 1 aromatic carbocycles. The van der Waals surface area contributed by atoms with Crippen LogP contribution in [0.4, 0.5) is 10.5 Å². The fraction of sp³-hybridized carbons (Fsp3) is 0.167. The van der Waals surface area contributed by atoms with Crippen LogP contribution in [0.3, 0.4) is 0 Å². The Labute approximate surface area is 120 Å². The van der Waals surface area contributed by atoms with Gasteiger partial charge in [-0.1, -0.05) is 0 Å². The highest BCUT2D eigenvalue weighted by molar-refractivity contribution is 8.07. The van der Waals surface area contributed by atoms with Crippen molar-refractivity contribution in [2.75, 3.05) is 4.72 Å². The fourth-order valence-corrected chi connectivity index (χ4v) is 2.45. The minimum absolute atomic E-state index is 0.185. The monoisotopic (exact) mass is 310 g/mol. The van der Waals surface area contributed by atoms with E-state index in [0.717, 1.165) is 16.5 Å². The summed E-state index contributed by atoms with van der Waals surface area (Å²) < 4.78 is 24.9. The van der Waals surface area contributed by atoms with Crippen molar-refractivity contribution in [2.45, 2.75) is 12.8 Å². The molecule has 8 nitrogen and oxygen atoms in total. The van der Waals surface area contributed by atoms with Gasteiger partial charge in [0.2, 0.25) is 5.91 Å². The fourth-order valence-electron chi connectivity index (χ4n) is 1.91. The number of H-pyrrole nitrogens is 1. The molecule has 2 rings (SSSR count). The Morgan fingerprint density at radius 2 is 1.95 bits per heavy atom. The first kappa shape index (κ1) is 14.9. The number of sulfonamides is 1. The molecule has 0 saturated carbocycles. The molecule has 0 saturated heterocycles. The number of aryl methyl sites for hydroxylation is 1. The zero-order valence-electron chi connectivity index (χ0n) is 10.9. The van der Waals surface area contributed by atoms with Crippen molar-refractivity contribution in [3.63, 3.8) is 0 Å². The van der Waals surface area contributed by atoms with Gasteiger partial charge in [0.1, 0.15) is 0 Å². The highest BCUT2D eigenvalue weighted by Crippen LogP contribution is 2.24. The molecular weight excluding hydrogens is 296 g/mol. The number of fused-ring (bicyclic) bond motifs is 1. The number of hydrogen-bond donors (Lipinski definition) is 4. The molecule has 0 unspecified atom stereocenters. The van der Waals surface area contributed by atoms with Crippen LogP contribution in [-0.2, 0) is 21.2 Å². The van der Waals surface area contributed by atoms with Crippen LogP contribution in [0.2, 0.25) is 0 Å². The van der Waals surface area contributed by atoms with Crippen molar-refractivity contribution >= 4 is 37.8 Å². The van der Waals surface area contributed by atoms with Gasteiger partial charge in [0.15, 0.2) is 0 Å². The van der Waals surface area contributed by atoms with E-state index in [9.17, 15) is 18.0 Å². The summed E-state index contributed by atoms with van der Waals surface area (Å²) in [5.41, 5.74) is 11.7. The molecule has 9 heteroatoms. The molecule has 112 valence electrons. The number of nitrogens with one attached hydrogen (secondary N) is 2. The van der Waals surface area contributed by atoms with Gasteiger partial charge < -0.3 is 16.5 Å². The number of aromatic nitrogens is 1. The molecule has 0 radical (unpaired) electrons. The van der Waals surface area contributed by atoms with Crippen molar-refractivity contribution in [3.8, 4) is 0 Å². The zero-order chi connectivity index (χ0) is 15.6. The SMILES string of the molecule is NC(=O)CCc1c[nH]c2ccc(NS(=O)(=O)C(N)=O)cc12. The number of carbonyl (C=O) groups excluding carboxylic acids is 2. The van der Waals surface area contributed by atoms with Crippen LogP contribution in [0.25, 0.3) is 10.9 Å². The van der Waals surface area contributed by atoms with Gasteiger partial charge in [0.05, 0.1) is 0 Å². The summed E-state index contributed by atoms with van der Waals surface area (Å²) in [7, 11) is -4.24. The minimum atomic E-state index is -4.24. The molecule has 2 aromatic rings. The molecule has 0 aliphatic rings. The lowest BCUT2D eigenvalue weighted by atomic mass is 10.1. The molecule has 6 N–H and O–H groups in total. The molecule has 1 heterocycles. The van der Waals surface area contributed by atoms with Crippen molar-refractivity contribution in [1.29, 1.82) is 0 Å². The van der Waals surface area contributed by atoms with Gasteiger partial charge in [0.25, 0.3) is 0 Å². The average molecular weight is 310 g/mol. The summed E-state index contributed by atoms with van der Waals surface area (Å²) in [6, 6.07) is 4.71. The van der Waals surface area contributed by atoms with Crippen LogP contribution in [0, 0.1) is 0 Å². The van der Waals surface area contributed by atoms with E-state index in [0.29, 0.717) is 6.42 Å². The zero-order valence-corrected chi connectivity index (χ0v) is 11.7. The van der Waals surface area contributed by atoms with Gasteiger partial charge in [-0.15, -0.1) is 0 Å². The Bertz CT molecular complexity index is 810. The third-order valence-electron chi connectivity index (χ3n) is 2.93. The first-order chi connectivity index (χ1) is 9.79. The summed E-state index contributed by atoms with van der Waals surface area (Å²) in [6.45, 7) is 0. The Hall–Kier alpha value is -2.55. The molecule has 0 aliphatic heterocycles. The predicted octanol–water partition coefficient (Wildman–Crippen LogP) is 0.406. The minimum Gasteiger partial charge on any atom is -0.370 e. The third-order valence-corrected chi connectivity index (χ3v) is 3.96. The van der Waals surface area contributed by atoms with Crippen LogP contribution < -0.4 is 16.2 Å². The maximum absolute atomic E-state index is 11.4. The van der Waals surface area contributed by atoms with Crippen LogP contribution in [0.5, 0.6) is 0 Å². The lowest BCUT2D eigenvalue weighted by Gasteiger charge is -2.05. The van der Waals surface area contributed by atoms with Gasteiger partial charge in [-0.2, -0.15) is 8.42 Å². The molecule has 21 heavy (non-hydrogen) atoms. The molecule has 0 atom stereocenters. The molecule has 0 aliphatic carbocycles. The van der Waals surface area contributed by atoms with E-state index < -0.39 is 21.2 Å². The molecule has 0 fully saturated rings. The van der Waals surface area contributed by atoms with E-state index in [1.54, 1.807) is 18.3 Å². The van der Waals surface area contributed by atoms with Crippen LogP contribution in [0.1, 0.15) is 12.0 Å². The maximum atomic E-state index is 11.4. The summed E-state index contributed by atoms with van der Waals surface area (Å²) >= 11 is 0. The smallest absolute Gasteiger partial charge is 0.354 e. The van der Waals surface area contributed by atoms with Crippen molar-refractivity contribution < 1.29 is 18.0 Å². The average Bonchev–Trinajstić information content (AvgIpc) is 2.78. The Balaban J connectivity index is 2.34. The van der Waals surface area contributed by atoms with Gasteiger partial charge in [-0.25, -0.2) is 0 Å². The van der Waals surface area contributed by atoms with Crippen LogP contribution in [-0.4, -0.2) is 24.5 Å². The standard InChI is InChI=1S/C12H14N4O4S/c13-11(17)4-1-7-6-15-10-3-2-8(5-9(7)10)16-21(19,20)12(14)18/h2-3,5-6,15-16H,1,4H2,(H2,13,17)(H2,14,18). The summed E-state index contributed by atoms with van der Waals surface area (Å²) in [4.78, 5) is 24.6. The van der Waals surface area contributed by atoms with Crippen molar-refractivity contribution in [2.24, 2.45) is 11.5 Å². The number of aromatic amines is 1. The normalized spacial score (nSPS) is 11.4. The number of amides is 2. The van der Waals surface area contributed by atoms with E-state index in [1.165, 1.54) is 6.07 Å². The number of anilines is 1. The molecule has 0 spiro atoms. The number of nitrogens with two attached hydrogens (primary N) is 2. The van der Waals surface area contributed by atoms with Gasteiger partial charge in [-0.05, 0) is 30.2 Å². The number of hydrogen-bond acceptors (Lipinski definition) is 4. The van der Waals surface area contributed by atoms with E-state index in [1.807, 2.05) is 0 Å². The van der Waals surface area contributed by atoms with E-state index in [2.05, 4.69) is 9.71 Å². The third kappa shape index (κ3) is 3.31. The molecule has 2 amide bonds. The Morgan fingerprint density at radius 1 is 1.24 bits per heavy atom. The molecule has 1 aromatic heterocycles. The quantitative estimate of drug-likeness (QED) is 0.632. The van der Waals surface area contributed by atoms with Gasteiger partial charge >= 0.3 is 15.3 Å². The maximum Gasteiger partial charge on any atom is 0.354 e. The van der Waals surface area contributed by atoms with Crippen LogP contribution in [0.15, 0.2) is 24.4 Å². The first-order valence-electron chi connectivity index (χ1n) is 6.00. The second-order valence-corrected chi connectivity index (χ2v) is 6.08. The van der Waals surface area contributed by atoms with Gasteiger partial charge in [0, 0.05) is 29.2 Å².